The number of carbonyl (C=O) groups is 1. The van der Waals surface area contributed by atoms with Crippen LogP contribution in [0.2, 0.25) is 5.02 Å². The summed E-state index contributed by atoms with van der Waals surface area (Å²) in [7, 11) is 0. The summed E-state index contributed by atoms with van der Waals surface area (Å²) in [6.45, 7) is 0.251. The van der Waals surface area contributed by atoms with Gasteiger partial charge in [-0.05, 0) is 23.8 Å². The van der Waals surface area contributed by atoms with E-state index in [1.54, 1.807) is 30.5 Å². The molecule has 2 N–H and O–H groups in total. The molecule has 0 aliphatic carbocycles. The third kappa shape index (κ3) is 4.33. The zero-order chi connectivity index (χ0) is 15.8. The van der Waals surface area contributed by atoms with Gasteiger partial charge in [-0.3, -0.25) is 4.79 Å². The number of halogens is 1. The van der Waals surface area contributed by atoms with Crippen LogP contribution in [0.3, 0.4) is 0 Å². The van der Waals surface area contributed by atoms with E-state index in [1.165, 1.54) is 6.20 Å². The Bertz CT molecular complexity index is 722. The molecule has 0 atom stereocenters. The minimum atomic E-state index is -0.481. The summed E-state index contributed by atoms with van der Waals surface area (Å²) in [6.07, 6.45) is 2.93. The number of anilines is 1. The lowest BCUT2D eigenvalue weighted by Crippen LogP contribution is -2.24. The Morgan fingerprint density at radius 1 is 1.27 bits per heavy atom. The summed E-state index contributed by atoms with van der Waals surface area (Å²) in [5, 5.41) is 15.1. The van der Waals surface area contributed by atoms with E-state index in [2.05, 4.69) is 15.6 Å². The summed E-state index contributed by atoms with van der Waals surface area (Å²) in [4.78, 5) is 16.0. The zero-order valence-electron chi connectivity index (χ0n) is 11.6. The van der Waals surface area contributed by atoms with Gasteiger partial charge in [0.15, 0.2) is 0 Å². The molecule has 0 aliphatic rings. The highest BCUT2D eigenvalue weighted by Gasteiger charge is 2.09. The van der Waals surface area contributed by atoms with Gasteiger partial charge in [-0.25, -0.2) is 4.98 Å². The fourth-order valence-electron chi connectivity index (χ4n) is 1.66. The molecule has 5 nitrogen and oxygen atoms in total. The Kier molecular flexibility index (Phi) is 5.52. The largest absolute Gasteiger partial charge is 0.347 e. The summed E-state index contributed by atoms with van der Waals surface area (Å²) < 4.78 is 0. The number of nitriles is 1. The average Bonchev–Trinajstić information content (AvgIpc) is 2.55. The first-order chi connectivity index (χ1) is 10.7. The maximum absolute atomic E-state index is 12.0. The summed E-state index contributed by atoms with van der Waals surface area (Å²) in [6, 6.07) is 14.3. The van der Waals surface area contributed by atoms with Crippen LogP contribution in [0.5, 0.6) is 0 Å². The van der Waals surface area contributed by atoms with E-state index < -0.39 is 5.91 Å². The van der Waals surface area contributed by atoms with Crippen LogP contribution in [0.4, 0.5) is 5.82 Å². The Morgan fingerprint density at radius 3 is 2.73 bits per heavy atom. The second-order valence-corrected chi connectivity index (χ2v) is 4.71. The molecule has 1 aromatic carbocycles. The molecule has 0 aliphatic heterocycles. The van der Waals surface area contributed by atoms with Crippen LogP contribution < -0.4 is 10.6 Å². The van der Waals surface area contributed by atoms with Crippen molar-refractivity contribution in [2.45, 2.75) is 6.54 Å². The van der Waals surface area contributed by atoms with E-state index in [1.807, 2.05) is 24.3 Å². The molecular formula is C16H13ClN4O. The molecule has 0 fully saturated rings. The molecule has 0 unspecified atom stereocenters. The number of nitrogens with zero attached hydrogens (tertiary/aromatic N) is 2. The molecule has 2 aromatic rings. The molecule has 110 valence electrons. The third-order valence-electron chi connectivity index (χ3n) is 2.79. The van der Waals surface area contributed by atoms with Gasteiger partial charge in [-0.1, -0.05) is 35.9 Å². The lowest BCUT2D eigenvalue weighted by atomic mass is 10.2. The standard InChI is InChI=1S/C16H13ClN4O/c17-14-6-2-1-5-12(14)10-21-16(22)13(9-18)11-20-15-7-3-4-8-19-15/h1-8,11H,10H2,(H,19,20)(H,21,22)/b13-11-. The van der Waals surface area contributed by atoms with Gasteiger partial charge >= 0.3 is 0 Å². The molecule has 6 heteroatoms. The smallest absolute Gasteiger partial charge is 0.263 e. The van der Waals surface area contributed by atoms with E-state index in [4.69, 9.17) is 16.9 Å². The van der Waals surface area contributed by atoms with Gasteiger partial charge in [0.2, 0.25) is 0 Å². The van der Waals surface area contributed by atoms with Gasteiger partial charge in [0.05, 0.1) is 0 Å². The van der Waals surface area contributed by atoms with Crippen molar-refractivity contribution in [2.24, 2.45) is 0 Å². The summed E-state index contributed by atoms with van der Waals surface area (Å²) in [5.41, 5.74) is 0.741. The number of carbonyl (C=O) groups excluding carboxylic acids is 1. The SMILES string of the molecule is N#C/C(=C/Nc1ccccn1)C(=O)NCc1ccccc1Cl. The lowest BCUT2D eigenvalue weighted by molar-refractivity contribution is -0.117. The molecule has 2 rings (SSSR count). The highest BCUT2D eigenvalue weighted by Crippen LogP contribution is 2.14. The zero-order valence-corrected chi connectivity index (χ0v) is 12.3. The fourth-order valence-corrected chi connectivity index (χ4v) is 1.86. The second kappa shape index (κ2) is 7.81. The van der Waals surface area contributed by atoms with Gasteiger partial charge in [0.25, 0.3) is 5.91 Å². The first kappa shape index (κ1) is 15.5. The highest BCUT2D eigenvalue weighted by molar-refractivity contribution is 6.31. The lowest BCUT2D eigenvalue weighted by Gasteiger charge is -2.06. The van der Waals surface area contributed by atoms with E-state index in [0.29, 0.717) is 10.8 Å². The predicted octanol–water partition coefficient (Wildman–Crippen LogP) is 2.87. The molecule has 1 aromatic heterocycles. The molecule has 0 radical (unpaired) electrons. The van der Waals surface area contributed by atoms with Crippen molar-refractivity contribution in [3.05, 3.63) is 71.0 Å². The molecular weight excluding hydrogens is 300 g/mol. The molecule has 1 amide bonds. The van der Waals surface area contributed by atoms with Crippen LogP contribution in [0.25, 0.3) is 0 Å². The van der Waals surface area contributed by atoms with Crippen molar-refractivity contribution in [3.63, 3.8) is 0 Å². The molecule has 0 bridgehead atoms. The maximum Gasteiger partial charge on any atom is 0.263 e. The summed E-state index contributed by atoms with van der Waals surface area (Å²) in [5.74, 6) is 0.0694. The number of amides is 1. The van der Waals surface area contributed by atoms with Crippen LogP contribution >= 0.6 is 11.6 Å². The molecule has 0 spiro atoms. The average molecular weight is 313 g/mol. The van der Waals surface area contributed by atoms with Gasteiger partial charge in [0.1, 0.15) is 17.5 Å². The predicted molar refractivity (Wildman–Crippen MR) is 84.9 cm³/mol. The van der Waals surface area contributed by atoms with Gasteiger partial charge in [-0.2, -0.15) is 5.26 Å². The van der Waals surface area contributed by atoms with E-state index in [0.717, 1.165) is 5.56 Å². The molecule has 22 heavy (non-hydrogen) atoms. The first-order valence-electron chi connectivity index (χ1n) is 6.50. The molecule has 1 heterocycles. The van der Waals surface area contributed by atoms with Crippen LogP contribution in [0.1, 0.15) is 5.56 Å². The molecule has 0 saturated heterocycles. The summed E-state index contributed by atoms with van der Waals surface area (Å²) >= 11 is 6.01. The maximum atomic E-state index is 12.0. The number of hydrogen-bond acceptors (Lipinski definition) is 4. The van der Waals surface area contributed by atoms with Crippen LogP contribution in [-0.2, 0) is 11.3 Å². The number of pyridine rings is 1. The highest BCUT2D eigenvalue weighted by atomic mass is 35.5. The Hall–Kier alpha value is -2.84. The number of hydrogen-bond donors (Lipinski definition) is 2. The van der Waals surface area contributed by atoms with Crippen molar-refractivity contribution in [2.75, 3.05) is 5.32 Å². The van der Waals surface area contributed by atoms with E-state index >= 15 is 0 Å². The second-order valence-electron chi connectivity index (χ2n) is 4.30. The van der Waals surface area contributed by atoms with Gasteiger partial charge < -0.3 is 10.6 Å². The monoisotopic (exact) mass is 312 g/mol. The van der Waals surface area contributed by atoms with E-state index in [-0.39, 0.29) is 12.1 Å². The van der Waals surface area contributed by atoms with Crippen LogP contribution in [0.15, 0.2) is 60.4 Å². The van der Waals surface area contributed by atoms with Crippen molar-refractivity contribution >= 4 is 23.3 Å². The van der Waals surface area contributed by atoms with Crippen molar-refractivity contribution in [1.29, 1.82) is 5.26 Å². The Balaban J connectivity index is 1.97. The van der Waals surface area contributed by atoms with Crippen LogP contribution in [0, 0.1) is 11.3 Å². The van der Waals surface area contributed by atoms with Crippen molar-refractivity contribution < 1.29 is 4.79 Å². The topological polar surface area (TPSA) is 77.8 Å². The number of nitrogens with one attached hydrogen (secondary N) is 2. The van der Waals surface area contributed by atoms with Gasteiger partial charge in [0, 0.05) is 24.0 Å². The minimum Gasteiger partial charge on any atom is -0.347 e. The Morgan fingerprint density at radius 2 is 2.05 bits per heavy atom. The number of rotatable bonds is 5. The number of benzene rings is 1. The normalized spacial score (nSPS) is 10.6. The van der Waals surface area contributed by atoms with Gasteiger partial charge in [-0.15, -0.1) is 0 Å². The third-order valence-corrected chi connectivity index (χ3v) is 3.16. The Labute approximate surface area is 133 Å². The molecule has 0 saturated carbocycles. The quantitative estimate of drug-likeness (QED) is 0.657. The van der Waals surface area contributed by atoms with Crippen molar-refractivity contribution in [3.8, 4) is 6.07 Å². The van der Waals surface area contributed by atoms with Crippen molar-refractivity contribution in [1.82, 2.24) is 10.3 Å². The number of aromatic nitrogens is 1. The fraction of sp³-hybridized carbons (Fsp3) is 0.0625. The van der Waals surface area contributed by atoms with E-state index in [9.17, 15) is 4.79 Å². The van der Waals surface area contributed by atoms with Crippen LogP contribution in [-0.4, -0.2) is 10.9 Å². The first-order valence-corrected chi connectivity index (χ1v) is 6.88. The minimum absolute atomic E-state index is 0.0438.